The van der Waals surface area contributed by atoms with Crippen LogP contribution >= 0.6 is 0 Å². The van der Waals surface area contributed by atoms with E-state index in [0.717, 1.165) is 18.4 Å². The van der Waals surface area contributed by atoms with Crippen molar-refractivity contribution >= 4 is 17.5 Å². The number of nitrogens with zero attached hydrogens (tertiary/aromatic N) is 1. The number of anilines is 1. The molecule has 2 N–H and O–H groups in total. The molecular formula is C21H27N3O3. The molecule has 6 heteroatoms. The van der Waals surface area contributed by atoms with E-state index in [4.69, 9.17) is 4.74 Å². The number of pyridine rings is 1. The summed E-state index contributed by atoms with van der Waals surface area (Å²) in [5.74, 6) is 0.291. The highest BCUT2D eigenvalue weighted by molar-refractivity contribution is 6.39. The van der Waals surface area contributed by atoms with E-state index in [9.17, 15) is 9.59 Å². The predicted octanol–water partition coefficient (Wildman–Crippen LogP) is 4.06. The fourth-order valence-corrected chi connectivity index (χ4v) is 2.37. The molecule has 2 amide bonds. The van der Waals surface area contributed by atoms with Gasteiger partial charge in [0.05, 0.1) is 11.9 Å². The summed E-state index contributed by atoms with van der Waals surface area (Å²) in [6.45, 7) is 8.15. The van der Waals surface area contributed by atoms with Crippen molar-refractivity contribution in [2.45, 2.75) is 46.6 Å². The van der Waals surface area contributed by atoms with E-state index in [1.807, 2.05) is 38.1 Å². The first-order chi connectivity index (χ1) is 12.8. The summed E-state index contributed by atoms with van der Waals surface area (Å²) in [4.78, 5) is 28.1. The van der Waals surface area contributed by atoms with Crippen LogP contribution in [0.25, 0.3) is 0 Å². The minimum Gasteiger partial charge on any atom is -0.439 e. The van der Waals surface area contributed by atoms with Gasteiger partial charge in [-0.05, 0) is 50.8 Å². The van der Waals surface area contributed by atoms with Gasteiger partial charge in [-0.15, -0.1) is 0 Å². The van der Waals surface area contributed by atoms with Gasteiger partial charge in [0.15, 0.2) is 0 Å². The molecule has 144 valence electrons. The van der Waals surface area contributed by atoms with Crippen molar-refractivity contribution in [3.8, 4) is 11.6 Å². The van der Waals surface area contributed by atoms with Crippen LogP contribution in [0, 0.1) is 12.8 Å². The average molecular weight is 369 g/mol. The molecule has 1 aromatic heterocycles. The number of ether oxygens (including phenoxy) is 1. The van der Waals surface area contributed by atoms with Crippen molar-refractivity contribution in [1.82, 2.24) is 10.3 Å². The SMILES string of the molecule is Cc1ccc(Oc2ccc(NC(=O)C(=O)NC(C)CCC(C)C)cn2)cc1. The number of benzene rings is 1. The molecule has 0 saturated carbocycles. The fraction of sp³-hybridized carbons (Fsp3) is 0.381. The minimum atomic E-state index is -0.708. The molecular weight excluding hydrogens is 342 g/mol. The molecule has 1 atom stereocenters. The second-order valence-electron chi connectivity index (χ2n) is 7.10. The number of carbonyl (C=O) groups is 2. The van der Waals surface area contributed by atoms with Gasteiger partial charge in [0.1, 0.15) is 5.75 Å². The van der Waals surface area contributed by atoms with Gasteiger partial charge in [0.25, 0.3) is 0 Å². The Morgan fingerprint density at radius 3 is 2.30 bits per heavy atom. The van der Waals surface area contributed by atoms with Crippen LogP contribution < -0.4 is 15.4 Å². The van der Waals surface area contributed by atoms with Crippen LogP contribution in [0.2, 0.25) is 0 Å². The third-order valence-electron chi connectivity index (χ3n) is 4.00. The van der Waals surface area contributed by atoms with E-state index < -0.39 is 11.8 Å². The molecule has 2 rings (SSSR count). The van der Waals surface area contributed by atoms with Crippen LogP contribution in [-0.4, -0.2) is 22.8 Å². The van der Waals surface area contributed by atoms with Crippen LogP contribution in [0.1, 0.15) is 39.2 Å². The molecule has 0 aliphatic heterocycles. The average Bonchev–Trinajstić information content (AvgIpc) is 2.63. The molecule has 0 saturated heterocycles. The van der Waals surface area contributed by atoms with Gasteiger partial charge < -0.3 is 15.4 Å². The Morgan fingerprint density at radius 1 is 1.00 bits per heavy atom. The quantitative estimate of drug-likeness (QED) is 0.721. The number of aromatic nitrogens is 1. The Hall–Kier alpha value is -2.89. The smallest absolute Gasteiger partial charge is 0.313 e. The number of aryl methyl sites for hydroxylation is 1. The molecule has 6 nitrogen and oxygen atoms in total. The van der Waals surface area contributed by atoms with E-state index >= 15 is 0 Å². The summed E-state index contributed by atoms with van der Waals surface area (Å²) in [7, 11) is 0. The van der Waals surface area contributed by atoms with Crippen LogP contribution in [0.5, 0.6) is 11.6 Å². The van der Waals surface area contributed by atoms with Crippen molar-refractivity contribution in [3.05, 3.63) is 48.2 Å². The molecule has 0 spiro atoms. The standard InChI is InChI=1S/C21H27N3O3/c1-14(2)5-8-16(4)23-20(25)21(26)24-17-9-12-19(22-13-17)27-18-10-6-15(3)7-11-18/h6-7,9-14,16H,5,8H2,1-4H3,(H,23,25)(H,24,26). The zero-order valence-electron chi connectivity index (χ0n) is 16.3. The summed E-state index contributed by atoms with van der Waals surface area (Å²) < 4.78 is 5.64. The lowest BCUT2D eigenvalue weighted by atomic mass is 10.0. The third-order valence-corrected chi connectivity index (χ3v) is 4.00. The summed E-state index contributed by atoms with van der Waals surface area (Å²) >= 11 is 0. The Labute approximate surface area is 160 Å². The normalized spacial score (nSPS) is 11.7. The molecule has 0 aliphatic carbocycles. The molecule has 0 aliphatic rings. The number of hydrogen-bond donors (Lipinski definition) is 2. The number of nitrogens with one attached hydrogen (secondary N) is 2. The Balaban J connectivity index is 1.85. The van der Waals surface area contributed by atoms with Crippen LogP contribution in [0.4, 0.5) is 5.69 Å². The molecule has 1 aromatic carbocycles. The van der Waals surface area contributed by atoms with E-state index in [1.54, 1.807) is 12.1 Å². The topological polar surface area (TPSA) is 80.3 Å². The van der Waals surface area contributed by atoms with E-state index in [2.05, 4.69) is 29.5 Å². The number of amides is 2. The Morgan fingerprint density at radius 2 is 1.70 bits per heavy atom. The summed E-state index contributed by atoms with van der Waals surface area (Å²) in [6.07, 6.45) is 3.29. The molecule has 1 heterocycles. The number of hydrogen-bond acceptors (Lipinski definition) is 4. The van der Waals surface area contributed by atoms with Crippen molar-refractivity contribution in [3.63, 3.8) is 0 Å². The lowest BCUT2D eigenvalue weighted by Gasteiger charge is -2.14. The van der Waals surface area contributed by atoms with Crippen LogP contribution in [0.3, 0.4) is 0 Å². The number of rotatable bonds is 7. The summed E-state index contributed by atoms with van der Waals surface area (Å²) in [5.41, 5.74) is 1.58. The lowest BCUT2D eigenvalue weighted by Crippen LogP contribution is -2.40. The lowest BCUT2D eigenvalue weighted by molar-refractivity contribution is -0.136. The first-order valence-corrected chi connectivity index (χ1v) is 9.16. The Bertz CT molecular complexity index is 755. The van der Waals surface area contributed by atoms with Crippen molar-refractivity contribution in [2.75, 3.05) is 5.32 Å². The van der Waals surface area contributed by atoms with Gasteiger partial charge in [-0.1, -0.05) is 31.5 Å². The van der Waals surface area contributed by atoms with Crippen molar-refractivity contribution in [1.29, 1.82) is 0 Å². The van der Waals surface area contributed by atoms with Gasteiger partial charge in [0.2, 0.25) is 5.88 Å². The van der Waals surface area contributed by atoms with Crippen LogP contribution in [-0.2, 0) is 9.59 Å². The van der Waals surface area contributed by atoms with Crippen molar-refractivity contribution < 1.29 is 14.3 Å². The minimum absolute atomic E-state index is 0.0472. The molecule has 0 bridgehead atoms. The molecule has 0 fully saturated rings. The van der Waals surface area contributed by atoms with E-state index in [0.29, 0.717) is 23.2 Å². The van der Waals surface area contributed by atoms with Gasteiger partial charge >= 0.3 is 11.8 Å². The largest absolute Gasteiger partial charge is 0.439 e. The number of carbonyl (C=O) groups excluding carboxylic acids is 2. The maximum Gasteiger partial charge on any atom is 0.313 e. The highest BCUT2D eigenvalue weighted by Crippen LogP contribution is 2.20. The Kier molecular flexibility index (Phi) is 7.34. The van der Waals surface area contributed by atoms with E-state index in [1.165, 1.54) is 6.20 Å². The third kappa shape index (κ3) is 7.09. The second-order valence-corrected chi connectivity index (χ2v) is 7.10. The second kappa shape index (κ2) is 9.71. The first kappa shape index (κ1) is 20.4. The fourth-order valence-electron chi connectivity index (χ4n) is 2.37. The van der Waals surface area contributed by atoms with E-state index in [-0.39, 0.29) is 6.04 Å². The molecule has 27 heavy (non-hydrogen) atoms. The molecule has 2 aromatic rings. The zero-order chi connectivity index (χ0) is 19.8. The predicted molar refractivity (Wildman–Crippen MR) is 106 cm³/mol. The molecule has 0 radical (unpaired) electrons. The monoisotopic (exact) mass is 369 g/mol. The van der Waals surface area contributed by atoms with Gasteiger partial charge in [-0.25, -0.2) is 4.98 Å². The van der Waals surface area contributed by atoms with Gasteiger partial charge in [-0.3, -0.25) is 9.59 Å². The zero-order valence-corrected chi connectivity index (χ0v) is 16.3. The maximum absolute atomic E-state index is 12.0. The summed E-state index contributed by atoms with van der Waals surface area (Å²) in [6, 6.07) is 10.8. The van der Waals surface area contributed by atoms with Crippen molar-refractivity contribution in [2.24, 2.45) is 5.92 Å². The summed E-state index contributed by atoms with van der Waals surface area (Å²) in [5, 5.41) is 5.25. The first-order valence-electron chi connectivity index (χ1n) is 9.16. The maximum atomic E-state index is 12.0. The highest BCUT2D eigenvalue weighted by atomic mass is 16.5. The van der Waals surface area contributed by atoms with Crippen LogP contribution in [0.15, 0.2) is 42.6 Å². The van der Waals surface area contributed by atoms with Gasteiger partial charge in [0, 0.05) is 12.1 Å². The molecule has 1 unspecified atom stereocenters. The van der Waals surface area contributed by atoms with Gasteiger partial charge in [-0.2, -0.15) is 0 Å². The highest BCUT2D eigenvalue weighted by Gasteiger charge is 2.16.